The monoisotopic (exact) mass is 500 g/mol. The van der Waals surface area contributed by atoms with Gasteiger partial charge >= 0.3 is 6.36 Å². The average molecular weight is 501 g/mol. The van der Waals surface area contributed by atoms with E-state index in [-0.39, 0.29) is 10.6 Å². The van der Waals surface area contributed by atoms with E-state index in [1.165, 1.54) is 30.6 Å². The number of halogens is 3. The van der Waals surface area contributed by atoms with Crippen LogP contribution in [0.3, 0.4) is 0 Å². The number of alkyl halides is 3. The fourth-order valence-electron chi connectivity index (χ4n) is 3.11. The Bertz CT molecular complexity index is 1410. The summed E-state index contributed by atoms with van der Waals surface area (Å²) in [6.45, 7) is 1.87. The third kappa shape index (κ3) is 6.48. The number of benzene rings is 3. The molecular weight excluding hydrogens is 481 g/mol. The molecule has 0 radical (unpaired) electrons. The number of aromatic nitrogens is 2. The summed E-state index contributed by atoms with van der Waals surface area (Å²) in [5.41, 5.74) is 3.13. The maximum atomic E-state index is 12.6. The summed E-state index contributed by atoms with van der Waals surface area (Å²) in [5, 5.41) is 2.99. The molecule has 0 saturated carbocycles. The smallest absolute Gasteiger partial charge is 0.406 e. The highest BCUT2D eigenvalue weighted by Gasteiger charge is 2.30. The minimum Gasteiger partial charge on any atom is -0.406 e. The molecule has 1 aromatic heterocycles. The number of nitrogens with one attached hydrogen (secondary N) is 2. The maximum absolute atomic E-state index is 12.6. The Morgan fingerprint density at radius 3 is 2.09 bits per heavy atom. The summed E-state index contributed by atoms with van der Waals surface area (Å²) in [6, 6.07) is 20.1. The first-order valence-corrected chi connectivity index (χ1v) is 11.7. The highest BCUT2D eigenvalue weighted by atomic mass is 32.2. The zero-order chi connectivity index (χ0) is 25.1. The van der Waals surface area contributed by atoms with E-state index in [0.29, 0.717) is 28.5 Å². The molecule has 0 aliphatic rings. The van der Waals surface area contributed by atoms with Gasteiger partial charge in [-0.15, -0.1) is 13.2 Å². The highest BCUT2D eigenvalue weighted by Crippen LogP contribution is 2.27. The Kier molecular flexibility index (Phi) is 6.61. The van der Waals surface area contributed by atoms with Crippen LogP contribution in [0.1, 0.15) is 5.56 Å². The molecule has 3 aromatic carbocycles. The summed E-state index contributed by atoms with van der Waals surface area (Å²) < 4.78 is 68.5. The lowest BCUT2D eigenvalue weighted by Crippen LogP contribution is -2.16. The molecule has 7 nitrogen and oxygen atoms in total. The molecule has 0 aliphatic carbocycles. The Labute approximate surface area is 199 Å². The van der Waals surface area contributed by atoms with Crippen LogP contribution in [0, 0.1) is 6.92 Å². The van der Waals surface area contributed by atoms with Gasteiger partial charge in [0.15, 0.2) is 0 Å². The van der Waals surface area contributed by atoms with Gasteiger partial charge in [-0.3, -0.25) is 4.72 Å². The van der Waals surface area contributed by atoms with Crippen molar-refractivity contribution in [2.45, 2.75) is 18.2 Å². The van der Waals surface area contributed by atoms with Crippen LogP contribution >= 0.6 is 0 Å². The van der Waals surface area contributed by atoms with E-state index in [1.54, 1.807) is 54.6 Å². The summed E-state index contributed by atoms with van der Waals surface area (Å²) in [5.74, 6) is 0.0909. The van der Waals surface area contributed by atoms with Gasteiger partial charge in [0, 0.05) is 23.0 Å². The number of aryl methyl sites for hydroxylation is 1. The molecule has 0 saturated heterocycles. The van der Waals surface area contributed by atoms with E-state index in [0.717, 1.165) is 5.56 Å². The Morgan fingerprint density at radius 2 is 1.46 bits per heavy atom. The van der Waals surface area contributed by atoms with Gasteiger partial charge in [0.1, 0.15) is 17.9 Å². The summed E-state index contributed by atoms with van der Waals surface area (Å²) in [7, 11) is -3.72. The van der Waals surface area contributed by atoms with Crippen LogP contribution in [0.2, 0.25) is 0 Å². The SMILES string of the molecule is Cc1ccc(S(=O)(=O)Nc2ccc(-c3cc(Nc4ccc(OC(F)(F)F)cc4)ncn3)cc2)cc1. The zero-order valence-electron chi connectivity index (χ0n) is 18.2. The van der Waals surface area contributed by atoms with Crippen molar-refractivity contribution in [3.63, 3.8) is 0 Å². The molecule has 0 unspecified atom stereocenters. The first-order chi connectivity index (χ1) is 16.6. The van der Waals surface area contributed by atoms with Gasteiger partial charge in [0.2, 0.25) is 0 Å². The van der Waals surface area contributed by atoms with Crippen molar-refractivity contribution in [3.8, 4) is 17.0 Å². The normalized spacial score (nSPS) is 11.7. The standard InChI is InChI=1S/C24H19F3N4O3S/c1-16-2-12-21(13-3-16)35(32,33)31-19-6-4-17(5-7-19)22-14-23(29-15-28-22)30-18-8-10-20(11-9-18)34-24(25,26)27/h2-15,31H,1H3,(H,28,29,30). The van der Waals surface area contributed by atoms with E-state index >= 15 is 0 Å². The van der Waals surface area contributed by atoms with Gasteiger partial charge in [-0.2, -0.15) is 0 Å². The predicted molar refractivity (Wildman–Crippen MR) is 126 cm³/mol. The molecule has 35 heavy (non-hydrogen) atoms. The summed E-state index contributed by atoms with van der Waals surface area (Å²) >= 11 is 0. The molecule has 1 heterocycles. The maximum Gasteiger partial charge on any atom is 0.573 e. The van der Waals surface area contributed by atoms with Crippen LogP contribution in [0.4, 0.5) is 30.4 Å². The van der Waals surface area contributed by atoms with Crippen molar-refractivity contribution in [2.24, 2.45) is 0 Å². The van der Waals surface area contributed by atoms with Crippen molar-refractivity contribution in [1.82, 2.24) is 9.97 Å². The lowest BCUT2D eigenvalue weighted by Gasteiger charge is -2.11. The summed E-state index contributed by atoms with van der Waals surface area (Å²) in [4.78, 5) is 8.52. The number of hydrogen-bond acceptors (Lipinski definition) is 6. The average Bonchev–Trinajstić information content (AvgIpc) is 2.80. The lowest BCUT2D eigenvalue weighted by atomic mass is 10.1. The third-order valence-corrected chi connectivity index (χ3v) is 6.19. The van der Waals surface area contributed by atoms with Gasteiger partial charge in [0.25, 0.3) is 10.0 Å². The van der Waals surface area contributed by atoms with Crippen LogP contribution in [0.15, 0.2) is 90.1 Å². The molecule has 180 valence electrons. The van der Waals surface area contributed by atoms with Crippen LogP contribution in [-0.4, -0.2) is 24.7 Å². The molecule has 0 fully saturated rings. The van der Waals surface area contributed by atoms with Crippen molar-refractivity contribution in [3.05, 3.63) is 90.8 Å². The quantitative estimate of drug-likeness (QED) is 0.329. The zero-order valence-corrected chi connectivity index (χ0v) is 19.1. The Morgan fingerprint density at radius 1 is 0.829 bits per heavy atom. The Hall–Kier alpha value is -4.12. The number of sulfonamides is 1. The fraction of sp³-hybridized carbons (Fsp3) is 0.0833. The van der Waals surface area contributed by atoms with Crippen molar-refractivity contribution >= 4 is 27.2 Å². The number of rotatable bonds is 7. The second-order valence-corrected chi connectivity index (χ2v) is 9.16. The molecule has 2 N–H and O–H groups in total. The molecule has 11 heteroatoms. The first-order valence-electron chi connectivity index (χ1n) is 10.2. The van der Waals surface area contributed by atoms with Gasteiger partial charge in [-0.05, 0) is 55.5 Å². The van der Waals surface area contributed by atoms with Crippen LogP contribution in [0.5, 0.6) is 5.75 Å². The van der Waals surface area contributed by atoms with E-state index in [4.69, 9.17) is 0 Å². The highest BCUT2D eigenvalue weighted by molar-refractivity contribution is 7.92. The predicted octanol–water partition coefficient (Wildman–Crippen LogP) is 5.90. The largest absolute Gasteiger partial charge is 0.573 e. The molecule has 4 aromatic rings. The number of ether oxygens (including phenoxy) is 1. The van der Waals surface area contributed by atoms with Crippen LogP contribution in [-0.2, 0) is 10.0 Å². The van der Waals surface area contributed by atoms with E-state index in [2.05, 4.69) is 24.7 Å². The summed E-state index contributed by atoms with van der Waals surface area (Å²) in [6.07, 6.45) is -3.42. The second kappa shape index (κ2) is 9.63. The van der Waals surface area contributed by atoms with Gasteiger partial charge in [-0.25, -0.2) is 18.4 Å². The van der Waals surface area contributed by atoms with Crippen molar-refractivity contribution < 1.29 is 26.3 Å². The molecule has 0 bridgehead atoms. The number of anilines is 3. The van der Waals surface area contributed by atoms with Gasteiger partial charge in [-0.1, -0.05) is 29.8 Å². The van der Waals surface area contributed by atoms with Crippen molar-refractivity contribution in [2.75, 3.05) is 10.0 Å². The molecule has 0 aliphatic heterocycles. The molecular formula is C24H19F3N4O3S. The van der Waals surface area contributed by atoms with E-state index in [1.807, 2.05) is 6.92 Å². The van der Waals surface area contributed by atoms with Crippen LogP contribution in [0.25, 0.3) is 11.3 Å². The third-order valence-electron chi connectivity index (χ3n) is 4.79. The minimum atomic E-state index is -4.76. The topological polar surface area (TPSA) is 93.2 Å². The molecule has 0 amide bonds. The number of hydrogen-bond donors (Lipinski definition) is 2. The first kappa shape index (κ1) is 24.0. The van der Waals surface area contributed by atoms with E-state index in [9.17, 15) is 21.6 Å². The minimum absolute atomic E-state index is 0.164. The van der Waals surface area contributed by atoms with E-state index < -0.39 is 16.4 Å². The van der Waals surface area contributed by atoms with Crippen LogP contribution < -0.4 is 14.8 Å². The molecule has 4 rings (SSSR count). The van der Waals surface area contributed by atoms with Gasteiger partial charge in [0.05, 0.1) is 10.6 Å². The molecule has 0 spiro atoms. The van der Waals surface area contributed by atoms with Crippen molar-refractivity contribution in [1.29, 1.82) is 0 Å². The van der Waals surface area contributed by atoms with Gasteiger partial charge < -0.3 is 10.1 Å². The number of nitrogens with zero attached hydrogens (tertiary/aromatic N) is 2. The lowest BCUT2D eigenvalue weighted by molar-refractivity contribution is -0.274. The fourth-order valence-corrected chi connectivity index (χ4v) is 4.17. The Balaban J connectivity index is 1.45. The second-order valence-electron chi connectivity index (χ2n) is 7.48. The molecule has 0 atom stereocenters.